The third-order valence-electron chi connectivity index (χ3n) is 4.65. The van der Waals surface area contributed by atoms with Crippen molar-refractivity contribution in [2.75, 3.05) is 15.9 Å². The van der Waals surface area contributed by atoms with Gasteiger partial charge in [0.1, 0.15) is 17.5 Å². The first-order chi connectivity index (χ1) is 15.5. The molecule has 0 unspecified atom stereocenters. The van der Waals surface area contributed by atoms with Crippen molar-refractivity contribution in [1.82, 2.24) is 0 Å². The Morgan fingerprint density at radius 2 is 1.45 bits per heavy atom. The Morgan fingerprint density at radius 3 is 2.03 bits per heavy atom. The zero-order valence-electron chi connectivity index (χ0n) is 17.7. The van der Waals surface area contributed by atoms with Crippen LogP contribution in [-0.2, 0) is 21.0 Å². The van der Waals surface area contributed by atoms with Gasteiger partial charge in [0.05, 0.1) is 23.2 Å². The molecule has 0 aromatic heterocycles. The summed E-state index contributed by atoms with van der Waals surface area (Å²) in [4.78, 5) is 12.8. The van der Waals surface area contributed by atoms with E-state index in [1.807, 2.05) is 6.07 Å². The summed E-state index contributed by atoms with van der Waals surface area (Å²) in [6, 6.07) is 18.0. The van der Waals surface area contributed by atoms with Gasteiger partial charge in [-0.25, -0.2) is 8.42 Å². The third-order valence-corrected chi connectivity index (χ3v) is 5.89. The maximum Gasteiger partial charge on any atom is 0.418 e. The van der Waals surface area contributed by atoms with Crippen LogP contribution in [0.2, 0.25) is 0 Å². The Kier molecular flexibility index (Phi) is 6.97. The normalized spacial score (nSPS) is 12.6. The molecule has 0 aliphatic carbocycles. The van der Waals surface area contributed by atoms with E-state index in [4.69, 9.17) is 4.74 Å². The van der Waals surface area contributed by atoms with Crippen molar-refractivity contribution >= 4 is 27.3 Å². The molecular weight excluding hydrogens is 457 g/mol. The van der Waals surface area contributed by atoms with Gasteiger partial charge < -0.3 is 10.1 Å². The number of hydrogen-bond donors (Lipinski definition) is 1. The van der Waals surface area contributed by atoms with Gasteiger partial charge in [-0.2, -0.15) is 13.2 Å². The minimum atomic E-state index is -4.68. The molecule has 1 N–H and O–H groups in total. The summed E-state index contributed by atoms with van der Waals surface area (Å²) in [5, 5.41) is 2.19. The number of sulfonamides is 1. The van der Waals surface area contributed by atoms with Gasteiger partial charge in [-0.1, -0.05) is 30.3 Å². The predicted molar refractivity (Wildman–Crippen MR) is 120 cm³/mol. The van der Waals surface area contributed by atoms with Gasteiger partial charge in [0.2, 0.25) is 15.9 Å². The molecule has 3 aromatic rings. The van der Waals surface area contributed by atoms with Crippen LogP contribution in [0.15, 0.2) is 78.9 Å². The molecular formula is C23H21F3N2O4S. The number of benzene rings is 3. The summed E-state index contributed by atoms with van der Waals surface area (Å²) < 4.78 is 71.2. The minimum absolute atomic E-state index is 0.157. The van der Waals surface area contributed by atoms with Crippen molar-refractivity contribution in [3.8, 4) is 11.5 Å². The lowest BCUT2D eigenvalue weighted by Gasteiger charge is -2.28. The number of nitrogens with zero attached hydrogens (tertiary/aromatic N) is 1. The van der Waals surface area contributed by atoms with Crippen LogP contribution in [0.5, 0.6) is 11.5 Å². The average molecular weight is 478 g/mol. The van der Waals surface area contributed by atoms with Crippen LogP contribution < -0.4 is 14.4 Å². The zero-order chi connectivity index (χ0) is 24.2. The highest BCUT2D eigenvalue weighted by atomic mass is 32.2. The molecule has 0 aliphatic rings. The van der Waals surface area contributed by atoms with Gasteiger partial charge in [-0.3, -0.25) is 9.10 Å². The Hall–Kier alpha value is -3.53. The monoisotopic (exact) mass is 478 g/mol. The van der Waals surface area contributed by atoms with Gasteiger partial charge in [0, 0.05) is 0 Å². The molecule has 3 rings (SSSR count). The second-order valence-electron chi connectivity index (χ2n) is 7.18. The molecule has 174 valence electrons. The highest BCUT2D eigenvalue weighted by molar-refractivity contribution is 7.92. The number of ether oxygens (including phenoxy) is 1. The van der Waals surface area contributed by atoms with E-state index in [0.717, 1.165) is 22.7 Å². The molecule has 0 radical (unpaired) electrons. The molecule has 0 saturated carbocycles. The lowest BCUT2D eigenvalue weighted by atomic mass is 10.1. The van der Waals surface area contributed by atoms with Crippen LogP contribution in [-0.4, -0.2) is 26.6 Å². The van der Waals surface area contributed by atoms with Crippen LogP contribution in [0.4, 0.5) is 24.5 Å². The fourth-order valence-electron chi connectivity index (χ4n) is 3.17. The smallest absolute Gasteiger partial charge is 0.418 e. The van der Waals surface area contributed by atoms with E-state index in [1.54, 1.807) is 24.3 Å². The Morgan fingerprint density at radius 1 is 0.909 bits per heavy atom. The molecule has 1 amide bonds. The highest BCUT2D eigenvalue weighted by Crippen LogP contribution is 2.35. The van der Waals surface area contributed by atoms with Crippen molar-refractivity contribution in [3.63, 3.8) is 0 Å². The van der Waals surface area contributed by atoms with Crippen LogP contribution in [0.1, 0.15) is 12.5 Å². The highest BCUT2D eigenvalue weighted by Gasteiger charge is 2.35. The summed E-state index contributed by atoms with van der Waals surface area (Å²) >= 11 is 0. The molecule has 33 heavy (non-hydrogen) atoms. The van der Waals surface area contributed by atoms with E-state index in [1.165, 1.54) is 43.3 Å². The van der Waals surface area contributed by atoms with Crippen LogP contribution in [0.3, 0.4) is 0 Å². The van der Waals surface area contributed by atoms with Crippen molar-refractivity contribution in [2.45, 2.75) is 19.1 Å². The molecule has 0 saturated heterocycles. The number of carbonyl (C=O) groups excluding carboxylic acids is 1. The van der Waals surface area contributed by atoms with Crippen molar-refractivity contribution in [2.24, 2.45) is 0 Å². The quantitative estimate of drug-likeness (QED) is 0.501. The summed E-state index contributed by atoms with van der Waals surface area (Å²) in [6.07, 6.45) is -3.77. The number of halogens is 3. The predicted octanol–water partition coefficient (Wildman–Crippen LogP) is 5.29. The number of carbonyl (C=O) groups is 1. The number of nitrogens with one attached hydrogen (secondary N) is 1. The van der Waals surface area contributed by atoms with E-state index in [-0.39, 0.29) is 5.69 Å². The van der Waals surface area contributed by atoms with Gasteiger partial charge in [0.25, 0.3) is 0 Å². The lowest BCUT2D eigenvalue weighted by Crippen LogP contribution is -2.45. The average Bonchev–Trinajstić information content (AvgIpc) is 2.74. The van der Waals surface area contributed by atoms with E-state index < -0.39 is 39.4 Å². The van der Waals surface area contributed by atoms with E-state index >= 15 is 0 Å². The van der Waals surface area contributed by atoms with Crippen molar-refractivity contribution in [3.05, 3.63) is 84.4 Å². The molecule has 0 heterocycles. The molecule has 0 fully saturated rings. The molecule has 6 nitrogen and oxygen atoms in total. The van der Waals surface area contributed by atoms with Crippen LogP contribution in [0.25, 0.3) is 0 Å². The number of para-hydroxylation sites is 2. The number of rotatable bonds is 7. The zero-order valence-corrected chi connectivity index (χ0v) is 18.5. The maximum atomic E-state index is 13.2. The first-order valence-corrected chi connectivity index (χ1v) is 11.6. The Bertz CT molecular complexity index is 1210. The number of alkyl halides is 3. The van der Waals surface area contributed by atoms with Crippen molar-refractivity contribution < 1.29 is 31.1 Å². The molecule has 0 spiro atoms. The Balaban J connectivity index is 1.84. The van der Waals surface area contributed by atoms with Crippen molar-refractivity contribution in [1.29, 1.82) is 0 Å². The summed E-state index contributed by atoms with van der Waals surface area (Å²) in [5.74, 6) is 0.109. The molecule has 1 atom stereocenters. The maximum absolute atomic E-state index is 13.2. The second-order valence-corrected chi connectivity index (χ2v) is 9.04. The topological polar surface area (TPSA) is 75.7 Å². The fraction of sp³-hybridized carbons (Fsp3) is 0.174. The molecule has 3 aromatic carbocycles. The first-order valence-electron chi connectivity index (χ1n) is 9.76. The Labute approximate surface area is 189 Å². The second kappa shape index (κ2) is 9.53. The number of hydrogen-bond acceptors (Lipinski definition) is 4. The molecule has 10 heteroatoms. The molecule has 0 bridgehead atoms. The fourth-order valence-corrected chi connectivity index (χ4v) is 4.35. The minimum Gasteiger partial charge on any atom is -0.457 e. The number of amides is 1. The van der Waals surface area contributed by atoms with Crippen LogP contribution in [0, 0.1) is 0 Å². The van der Waals surface area contributed by atoms with Gasteiger partial charge in [-0.15, -0.1) is 0 Å². The van der Waals surface area contributed by atoms with E-state index in [2.05, 4.69) is 5.32 Å². The van der Waals surface area contributed by atoms with Gasteiger partial charge in [-0.05, 0) is 55.5 Å². The van der Waals surface area contributed by atoms with E-state index in [9.17, 15) is 26.4 Å². The van der Waals surface area contributed by atoms with Gasteiger partial charge in [0.15, 0.2) is 0 Å². The first kappa shape index (κ1) is 24.1. The SMILES string of the molecule is C[C@H](C(=O)Nc1ccccc1C(F)(F)F)N(c1ccc(Oc2ccccc2)cc1)S(C)(=O)=O. The third kappa shape index (κ3) is 6.04. The summed E-state index contributed by atoms with van der Waals surface area (Å²) in [7, 11) is -3.96. The summed E-state index contributed by atoms with van der Waals surface area (Å²) in [6.45, 7) is 1.29. The van der Waals surface area contributed by atoms with Gasteiger partial charge >= 0.3 is 6.18 Å². The summed E-state index contributed by atoms with van der Waals surface area (Å²) in [5.41, 5.74) is -1.33. The largest absolute Gasteiger partial charge is 0.457 e. The van der Waals surface area contributed by atoms with E-state index in [0.29, 0.717) is 11.5 Å². The molecule has 0 aliphatic heterocycles. The standard InChI is InChI=1S/C23H21F3N2O4S/c1-16(22(29)27-21-11-7-6-10-20(21)23(24,25)26)28(33(2,30)31)17-12-14-19(15-13-17)32-18-8-4-3-5-9-18/h3-16H,1-2H3,(H,27,29)/t16-/m1/s1. The van der Waals surface area contributed by atoms with Crippen LogP contribution >= 0.6 is 0 Å². The lowest BCUT2D eigenvalue weighted by molar-refractivity contribution is -0.137. The number of anilines is 2.